The van der Waals surface area contributed by atoms with Crippen molar-refractivity contribution < 1.29 is 8.42 Å². The smallest absolute Gasteiger partial charge is 0.152 e. The van der Waals surface area contributed by atoms with Crippen molar-refractivity contribution in [3.8, 4) is 0 Å². The molecule has 1 unspecified atom stereocenters. The second-order valence-electron chi connectivity index (χ2n) is 3.86. The number of nitrogens with zero attached hydrogens (tertiary/aromatic N) is 1. The molecule has 4 nitrogen and oxygen atoms in total. The van der Waals surface area contributed by atoms with Crippen molar-refractivity contribution in [2.75, 3.05) is 18.6 Å². The highest BCUT2D eigenvalue weighted by atomic mass is 32.2. The molecule has 1 aliphatic heterocycles. The van der Waals surface area contributed by atoms with Crippen LogP contribution in [0.3, 0.4) is 0 Å². The molecular formula is C9H18N2O2S. The molecule has 0 bridgehead atoms. The van der Waals surface area contributed by atoms with Crippen molar-refractivity contribution in [1.29, 1.82) is 5.41 Å². The van der Waals surface area contributed by atoms with Gasteiger partial charge >= 0.3 is 0 Å². The van der Waals surface area contributed by atoms with Crippen LogP contribution in [0.4, 0.5) is 0 Å². The van der Waals surface area contributed by atoms with Gasteiger partial charge in [-0.3, -0.25) is 5.41 Å². The fourth-order valence-corrected chi connectivity index (χ4v) is 3.49. The molecule has 1 saturated heterocycles. The molecule has 0 radical (unpaired) electrons. The van der Waals surface area contributed by atoms with E-state index in [1.165, 1.54) is 0 Å². The third-order valence-electron chi connectivity index (χ3n) is 2.67. The van der Waals surface area contributed by atoms with Crippen LogP contribution in [0.2, 0.25) is 0 Å². The van der Waals surface area contributed by atoms with Gasteiger partial charge in [0.25, 0.3) is 0 Å². The number of amidine groups is 1. The SMILES string of the molecule is CCCC(=N)N(C)C1CCS(=O)(=O)C1. The van der Waals surface area contributed by atoms with Crippen molar-refractivity contribution >= 4 is 15.7 Å². The van der Waals surface area contributed by atoms with E-state index in [4.69, 9.17) is 5.41 Å². The third-order valence-corrected chi connectivity index (χ3v) is 4.42. The van der Waals surface area contributed by atoms with Gasteiger partial charge in [0.2, 0.25) is 0 Å². The fourth-order valence-electron chi connectivity index (χ4n) is 1.71. The molecule has 0 saturated carbocycles. The van der Waals surface area contributed by atoms with Gasteiger partial charge in [0.15, 0.2) is 9.84 Å². The Morgan fingerprint density at radius 2 is 2.21 bits per heavy atom. The second-order valence-corrected chi connectivity index (χ2v) is 6.09. The van der Waals surface area contributed by atoms with Crippen molar-refractivity contribution in [1.82, 2.24) is 4.90 Å². The van der Waals surface area contributed by atoms with E-state index < -0.39 is 9.84 Å². The van der Waals surface area contributed by atoms with Crippen molar-refractivity contribution in [3.63, 3.8) is 0 Å². The van der Waals surface area contributed by atoms with E-state index in [2.05, 4.69) is 0 Å². The summed E-state index contributed by atoms with van der Waals surface area (Å²) >= 11 is 0. The number of nitrogens with one attached hydrogen (secondary N) is 1. The van der Waals surface area contributed by atoms with Crippen LogP contribution in [0.15, 0.2) is 0 Å². The van der Waals surface area contributed by atoms with Gasteiger partial charge in [0, 0.05) is 19.5 Å². The fraction of sp³-hybridized carbons (Fsp3) is 0.889. The minimum atomic E-state index is -2.83. The van der Waals surface area contributed by atoms with Crippen LogP contribution in [0.1, 0.15) is 26.2 Å². The summed E-state index contributed by atoms with van der Waals surface area (Å²) in [5, 5.41) is 7.72. The predicted molar refractivity (Wildman–Crippen MR) is 57.5 cm³/mol. The van der Waals surface area contributed by atoms with E-state index in [0.29, 0.717) is 12.3 Å². The summed E-state index contributed by atoms with van der Waals surface area (Å²) in [6, 6.07) is 0.0269. The Bertz CT molecular complexity index is 311. The molecule has 1 rings (SSSR count). The molecule has 0 aliphatic carbocycles. The zero-order valence-electron chi connectivity index (χ0n) is 8.78. The average Bonchev–Trinajstić information content (AvgIpc) is 2.45. The summed E-state index contributed by atoms with van der Waals surface area (Å²) in [5.74, 6) is 1.05. The van der Waals surface area contributed by atoms with Crippen LogP contribution in [-0.4, -0.2) is 43.7 Å². The predicted octanol–water partition coefficient (Wildman–Crippen LogP) is 0.883. The van der Waals surface area contributed by atoms with Crippen LogP contribution >= 0.6 is 0 Å². The van der Waals surface area contributed by atoms with Gasteiger partial charge in [0.1, 0.15) is 0 Å². The Morgan fingerprint density at radius 1 is 1.57 bits per heavy atom. The van der Waals surface area contributed by atoms with Crippen LogP contribution in [-0.2, 0) is 9.84 Å². The largest absolute Gasteiger partial charge is 0.360 e. The first-order valence-electron chi connectivity index (χ1n) is 4.97. The third kappa shape index (κ3) is 2.70. The van der Waals surface area contributed by atoms with Gasteiger partial charge in [-0.25, -0.2) is 8.42 Å². The van der Waals surface area contributed by atoms with Gasteiger partial charge in [0.05, 0.1) is 17.3 Å². The molecule has 5 heteroatoms. The summed E-state index contributed by atoms with van der Waals surface area (Å²) in [5.41, 5.74) is 0. The second kappa shape index (κ2) is 4.29. The summed E-state index contributed by atoms with van der Waals surface area (Å²) in [6.45, 7) is 2.02. The maximum Gasteiger partial charge on any atom is 0.152 e. The lowest BCUT2D eigenvalue weighted by molar-refractivity contribution is 0.386. The van der Waals surface area contributed by atoms with Crippen molar-refractivity contribution in [3.05, 3.63) is 0 Å². The average molecular weight is 218 g/mol. The molecule has 0 aromatic carbocycles. The molecule has 1 heterocycles. The minimum absolute atomic E-state index is 0.0269. The highest BCUT2D eigenvalue weighted by molar-refractivity contribution is 7.91. The highest BCUT2D eigenvalue weighted by Gasteiger charge is 2.31. The lowest BCUT2D eigenvalue weighted by Crippen LogP contribution is -2.37. The molecule has 1 fully saturated rings. The lowest BCUT2D eigenvalue weighted by Gasteiger charge is -2.25. The van der Waals surface area contributed by atoms with E-state index in [9.17, 15) is 8.42 Å². The van der Waals surface area contributed by atoms with Crippen LogP contribution < -0.4 is 0 Å². The van der Waals surface area contributed by atoms with E-state index in [-0.39, 0.29) is 17.5 Å². The Morgan fingerprint density at radius 3 is 2.64 bits per heavy atom. The molecule has 82 valence electrons. The Hall–Kier alpha value is -0.580. The summed E-state index contributed by atoms with van der Waals surface area (Å²) in [4.78, 5) is 1.81. The zero-order valence-corrected chi connectivity index (χ0v) is 9.60. The molecule has 0 aromatic heterocycles. The summed E-state index contributed by atoms with van der Waals surface area (Å²) < 4.78 is 22.5. The molecule has 14 heavy (non-hydrogen) atoms. The molecule has 1 N–H and O–H groups in total. The van der Waals surface area contributed by atoms with E-state index in [0.717, 1.165) is 12.8 Å². The molecule has 0 amide bonds. The molecule has 1 aliphatic rings. The van der Waals surface area contributed by atoms with Gasteiger partial charge in [-0.15, -0.1) is 0 Å². The normalized spacial score (nSPS) is 24.9. The molecule has 0 spiro atoms. The minimum Gasteiger partial charge on any atom is -0.360 e. The standard InChI is InChI=1S/C9H18N2O2S/c1-3-4-9(10)11(2)8-5-6-14(12,13)7-8/h8,10H,3-7H2,1-2H3. The highest BCUT2D eigenvalue weighted by Crippen LogP contribution is 2.17. The van der Waals surface area contributed by atoms with Gasteiger partial charge < -0.3 is 4.90 Å². The Balaban J connectivity index is 2.55. The zero-order chi connectivity index (χ0) is 10.8. The lowest BCUT2D eigenvalue weighted by atomic mass is 10.2. The maximum atomic E-state index is 11.2. The molecule has 0 aromatic rings. The number of hydrogen-bond donors (Lipinski definition) is 1. The maximum absolute atomic E-state index is 11.2. The van der Waals surface area contributed by atoms with E-state index >= 15 is 0 Å². The summed E-state index contributed by atoms with van der Waals surface area (Å²) in [7, 11) is -1.00. The Kier molecular flexibility index (Phi) is 3.53. The molecular weight excluding hydrogens is 200 g/mol. The van der Waals surface area contributed by atoms with Crippen LogP contribution in [0, 0.1) is 5.41 Å². The first kappa shape index (κ1) is 11.5. The van der Waals surface area contributed by atoms with Crippen molar-refractivity contribution in [2.24, 2.45) is 0 Å². The van der Waals surface area contributed by atoms with Crippen LogP contribution in [0.5, 0.6) is 0 Å². The van der Waals surface area contributed by atoms with Crippen molar-refractivity contribution in [2.45, 2.75) is 32.2 Å². The number of hydrogen-bond acceptors (Lipinski definition) is 3. The number of sulfone groups is 1. The summed E-state index contributed by atoms with van der Waals surface area (Å²) in [6.07, 6.45) is 2.33. The topological polar surface area (TPSA) is 61.2 Å². The van der Waals surface area contributed by atoms with E-state index in [1.807, 2.05) is 18.9 Å². The van der Waals surface area contributed by atoms with Gasteiger partial charge in [-0.1, -0.05) is 6.92 Å². The number of rotatable bonds is 3. The van der Waals surface area contributed by atoms with Gasteiger partial charge in [-0.2, -0.15) is 0 Å². The monoisotopic (exact) mass is 218 g/mol. The molecule has 1 atom stereocenters. The van der Waals surface area contributed by atoms with Crippen LogP contribution in [0.25, 0.3) is 0 Å². The van der Waals surface area contributed by atoms with E-state index in [1.54, 1.807) is 0 Å². The first-order valence-corrected chi connectivity index (χ1v) is 6.79. The quantitative estimate of drug-likeness (QED) is 0.565. The first-order chi connectivity index (χ1) is 6.46. The Labute approximate surface area is 85.7 Å². The van der Waals surface area contributed by atoms with Gasteiger partial charge in [-0.05, 0) is 12.8 Å².